The maximum atomic E-state index is 5.15. The van der Waals surface area contributed by atoms with Gasteiger partial charge in [-0.15, -0.1) is 0 Å². The number of benzene rings is 6. The van der Waals surface area contributed by atoms with Gasteiger partial charge < -0.3 is 4.90 Å². The zero-order chi connectivity index (χ0) is 31.2. The van der Waals surface area contributed by atoms with E-state index >= 15 is 0 Å². The molecule has 1 aliphatic heterocycles. The summed E-state index contributed by atoms with van der Waals surface area (Å²) in [4.78, 5) is 17.6. The topological polar surface area (TPSA) is 41.9 Å². The van der Waals surface area contributed by atoms with Gasteiger partial charge >= 0.3 is 0 Å². The third-order valence-corrected chi connectivity index (χ3v) is 8.80. The Morgan fingerprint density at radius 2 is 0.957 bits per heavy atom. The number of aromatic nitrogens is 3. The quantitative estimate of drug-likeness (QED) is 0.197. The molecule has 0 saturated heterocycles. The van der Waals surface area contributed by atoms with E-state index in [2.05, 4.69) is 144 Å². The lowest BCUT2D eigenvalue weighted by Gasteiger charge is -2.33. The maximum absolute atomic E-state index is 5.15. The molecule has 8 aromatic rings. The van der Waals surface area contributed by atoms with E-state index in [1.54, 1.807) is 0 Å². The van der Waals surface area contributed by atoms with E-state index in [1.807, 2.05) is 30.3 Å². The summed E-state index contributed by atoms with van der Waals surface area (Å²) in [6.45, 7) is 0. The van der Waals surface area contributed by atoms with Gasteiger partial charge in [0, 0.05) is 27.9 Å². The molecular formula is C43H28N4. The zero-order valence-corrected chi connectivity index (χ0v) is 25.5. The summed E-state index contributed by atoms with van der Waals surface area (Å²) in [5.74, 6) is 0.734. The number of hydrogen-bond donors (Lipinski definition) is 0. The van der Waals surface area contributed by atoms with E-state index in [1.165, 1.54) is 5.56 Å². The number of hydrogen-bond acceptors (Lipinski definition) is 4. The van der Waals surface area contributed by atoms with Crippen LogP contribution in [-0.4, -0.2) is 15.0 Å². The minimum atomic E-state index is 0.734. The fourth-order valence-corrected chi connectivity index (χ4v) is 6.55. The van der Waals surface area contributed by atoms with Gasteiger partial charge in [0.1, 0.15) is 0 Å². The lowest BCUT2D eigenvalue weighted by Crippen LogP contribution is -2.16. The van der Waals surface area contributed by atoms with Crippen molar-refractivity contribution in [2.75, 3.05) is 4.90 Å². The third-order valence-electron chi connectivity index (χ3n) is 8.80. The summed E-state index contributed by atoms with van der Waals surface area (Å²) in [5.41, 5.74) is 13.6. The summed E-state index contributed by atoms with van der Waals surface area (Å²) in [5, 5.41) is 1.06. The molecule has 0 radical (unpaired) electrons. The number of rotatable bonds is 5. The van der Waals surface area contributed by atoms with Gasteiger partial charge in [-0.2, -0.15) is 0 Å². The van der Waals surface area contributed by atoms with Gasteiger partial charge in [0.15, 0.2) is 5.82 Å². The van der Waals surface area contributed by atoms with Crippen LogP contribution in [0.4, 0.5) is 17.1 Å². The lowest BCUT2D eigenvalue weighted by atomic mass is 9.96. The molecule has 4 nitrogen and oxygen atoms in total. The molecule has 220 valence electrons. The highest BCUT2D eigenvalue weighted by Gasteiger charge is 2.28. The van der Waals surface area contributed by atoms with Crippen LogP contribution in [-0.2, 0) is 0 Å². The van der Waals surface area contributed by atoms with Crippen molar-refractivity contribution in [1.82, 2.24) is 15.0 Å². The fourth-order valence-electron chi connectivity index (χ4n) is 6.55. The first-order valence-electron chi connectivity index (χ1n) is 15.8. The Balaban J connectivity index is 1.17. The van der Waals surface area contributed by atoms with Crippen LogP contribution < -0.4 is 4.90 Å². The number of fused-ring (bicyclic) bond motifs is 2. The molecular weight excluding hydrogens is 573 g/mol. The summed E-state index contributed by atoms with van der Waals surface area (Å²) in [7, 11) is 0. The van der Waals surface area contributed by atoms with Gasteiger partial charge in [-0.05, 0) is 53.6 Å². The first-order valence-corrected chi connectivity index (χ1v) is 15.8. The number of para-hydroxylation sites is 1. The van der Waals surface area contributed by atoms with Crippen molar-refractivity contribution in [3.05, 3.63) is 170 Å². The van der Waals surface area contributed by atoms with Crippen LogP contribution >= 0.6 is 0 Å². The summed E-state index contributed by atoms with van der Waals surface area (Å²) in [6.07, 6.45) is 0. The van der Waals surface area contributed by atoms with Crippen LogP contribution in [0.1, 0.15) is 0 Å². The van der Waals surface area contributed by atoms with Gasteiger partial charge in [-0.1, -0.05) is 127 Å². The monoisotopic (exact) mass is 600 g/mol. The standard InChI is InChI=1S/C43H28N4/c1-4-13-29(14-5-1)33-27-37(30-15-6-2-7-16-30)44-38(28-33)31-23-25-34(26-24-31)47-39-21-11-10-19-35(39)42-41-36(20-12-22-40(41)47)45-43(46-42)32-17-8-3-9-18-32/h1-28H. The SMILES string of the molecule is c1ccc(-c2cc(-c3ccccc3)nc(-c3ccc(N4c5ccccc5-c5nc(-c6ccccc6)nc6cccc4c56)cc3)c2)cc1. The van der Waals surface area contributed by atoms with Crippen molar-refractivity contribution in [3.63, 3.8) is 0 Å². The Labute approximate surface area is 273 Å². The van der Waals surface area contributed by atoms with Crippen LogP contribution in [0, 0.1) is 0 Å². The zero-order valence-electron chi connectivity index (χ0n) is 25.5. The van der Waals surface area contributed by atoms with Gasteiger partial charge in [-0.25, -0.2) is 15.0 Å². The molecule has 4 heteroatoms. The van der Waals surface area contributed by atoms with E-state index < -0.39 is 0 Å². The molecule has 0 saturated carbocycles. The molecule has 0 spiro atoms. The smallest absolute Gasteiger partial charge is 0.160 e. The Morgan fingerprint density at radius 1 is 0.383 bits per heavy atom. The molecule has 0 atom stereocenters. The Morgan fingerprint density at radius 3 is 1.66 bits per heavy atom. The van der Waals surface area contributed by atoms with Gasteiger partial charge in [0.25, 0.3) is 0 Å². The van der Waals surface area contributed by atoms with Gasteiger partial charge in [0.05, 0.1) is 39.4 Å². The van der Waals surface area contributed by atoms with Crippen molar-refractivity contribution >= 4 is 28.0 Å². The van der Waals surface area contributed by atoms with Crippen molar-refractivity contribution < 1.29 is 0 Å². The molecule has 2 aromatic heterocycles. The van der Waals surface area contributed by atoms with Crippen LogP contribution in [0.25, 0.3) is 67.2 Å². The van der Waals surface area contributed by atoms with Gasteiger partial charge in [0.2, 0.25) is 0 Å². The highest BCUT2D eigenvalue weighted by atomic mass is 15.2. The van der Waals surface area contributed by atoms with Crippen LogP contribution in [0.15, 0.2) is 170 Å². The molecule has 0 fully saturated rings. The van der Waals surface area contributed by atoms with Crippen LogP contribution in [0.3, 0.4) is 0 Å². The highest BCUT2D eigenvalue weighted by Crippen LogP contribution is 2.50. The Hall–Kier alpha value is -6.39. The first-order chi connectivity index (χ1) is 23.3. The predicted octanol–water partition coefficient (Wildman–Crippen LogP) is 11.1. The van der Waals surface area contributed by atoms with E-state index in [9.17, 15) is 0 Å². The highest BCUT2D eigenvalue weighted by molar-refractivity contribution is 6.11. The van der Waals surface area contributed by atoms with E-state index in [0.717, 1.165) is 78.7 Å². The second kappa shape index (κ2) is 11.2. The maximum Gasteiger partial charge on any atom is 0.160 e. The molecule has 9 rings (SSSR count). The average Bonchev–Trinajstić information content (AvgIpc) is 3.16. The van der Waals surface area contributed by atoms with E-state index in [4.69, 9.17) is 15.0 Å². The molecule has 0 bridgehead atoms. The van der Waals surface area contributed by atoms with E-state index in [0.29, 0.717) is 0 Å². The minimum absolute atomic E-state index is 0.734. The average molecular weight is 601 g/mol. The van der Waals surface area contributed by atoms with Crippen molar-refractivity contribution in [3.8, 4) is 56.3 Å². The second-order valence-corrected chi connectivity index (χ2v) is 11.7. The molecule has 0 amide bonds. The lowest BCUT2D eigenvalue weighted by molar-refractivity contribution is 1.20. The predicted molar refractivity (Wildman–Crippen MR) is 193 cm³/mol. The molecule has 3 heterocycles. The summed E-state index contributed by atoms with van der Waals surface area (Å²) < 4.78 is 0. The molecule has 6 aromatic carbocycles. The number of pyridine rings is 1. The third kappa shape index (κ3) is 4.75. The fraction of sp³-hybridized carbons (Fsp3) is 0. The number of nitrogens with zero attached hydrogens (tertiary/aromatic N) is 4. The molecule has 0 unspecified atom stereocenters. The minimum Gasteiger partial charge on any atom is -0.309 e. The van der Waals surface area contributed by atoms with Gasteiger partial charge in [-0.3, -0.25) is 0 Å². The number of anilines is 3. The second-order valence-electron chi connectivity index (χ2n) is 11.7. The summed E-state index contributed by atoms with van der Waals surface area (Å²) in [6, 6.07) is 59.0. The molecule has 47 heavy (non-hydrogen) atoms. The molecule has 0 aliphatic carbocycles. The van der Waals surface area contributed by atoms with Crippen molar-refractivity contribution in [2.24, 2.45) is 0 Å². The van der Waals surface area contributed by atoms with Crippen LogP contribution in [0.5, 0.6) is 0 Å². The Kier molecular flexibility index (Phi) is 6.43. The van der Waals surface area contributed by atoms with Crippen molar-refractivity contribution in [2.45, 2.75) is 0 Å². The van der Waals surface area contributed by atoms with Crippen LogP contribution in [0.2, 0.25) is 0 Å². The van der Waals surface area contributed by atoms with Crippen molar-refractivity contribution in [1.29, 1.82) is 0 Å². The normalized spacial score (nSPS) is 11.8. The molecule has 0 N–H and O–H groups in total. The molecule has 1 aliphatic rings. The first kappa shape index (κ1) is 27.0. The summed E-state index contributed by atoms with van der Waals surface area (Å²) >= 11 is 0. The Bertz CT molecular complexity index is 2330. The van der Waals surface area contributed by atoms with E-state index in [-0.39, 0.29) is 0 Å². The largest absolute Gasteiger partial charge is 0.309 e.